The van der Waals surface area contributed by atoms with E-state index in [-0.39, 0.29) is 12.4 Å². The third-order valence-corrected chi connectivity index (χ3v) is 5.13. The zero-order valence-corrected chi connectivity index (χ0v) is 17.7. The van der Waals surface area contributed by atoms with Crippen molar-refractivity contribution in [2.75, 3.05) is 0 Å². The van der Waals surface area contributed by atoms with Crippen LogP contribution in [-0.4, -0.2) is 15.5 Å². The predicted molar refractivity (Wildman–Crippen MR) is 116 cm³/mol. The van der Waals surface area contributed by atoms with Crippen molar-refractivity contribution >= 4 is 17.6 Å². The van der Waals surface area contributed by atoms with Crippen molar-refractivity contribution in [2.24, 2.45) is 0 Å². The molecule has 0 unspecified atom stereocenters. The van der Waals surface area contributed by atoms with E-state index in [0.29, 0.717) is 34.8 Å². The van der Waals surface area contributed by atoms with Gasteiger partial charge in [0.25, 0.3) is 0 Å². The molecule has 0 saturated carbocycles. The highest BCUT2D eigenvalue weighted by molar-refractivity contribution is 6.31. The summed E-state index contributed by atoms with van der Waals surface area (Å²) in [6, 6.07) is 14.1. The van der Waals surface area contributed by atoms with Gasteiger partial charge in [-0.15, -0.1) is 0 Å². The lowest BCUT2D eigenvalue weighted by atomic mass is 10.1. The van der Waals surface area contributed by atoms with E-state index in [1.807, 2.05) is 30.3 Å². The lowest BCUT2D eigenvalue weighted by Crippen LogP contribution is -2.16. The highest BCUT2D eigenvalue weighted by atomic mass is 35.5. The van der Waals surface area contributed by atoms with Crippen molar-refractivity contribution in [1.82, 2.24) is 9.55 Å². The van der Waals surface area contributed by atoms with Gasteiger partial charge in [0.05, 0.1) is 12.7 Å². The Kier molecular flexibility index (Phi) is 7.41. The molecule has 3 aromatic rings. The zero-order valence-electron chi connectivity index (χ0n) is 16.9. The summed E-state index contributed by atoms with van der Waals surface area (Å²) in [5.41, 5.74) is 1.62. The summed E-state index contributed by atoms with van der Waals surface area (Å²) in [5.74, 6) is 0.0114. The van der Waals surface area contributed by atoms with Crippen LogP contribution in [0, 0.1) is 5.82 Å². The quantitative estimate of drug-likeness (QED) is 0.322. The number of hydrogen-bond donors (Lipinski definition) is 0. The monoisotopic (exact) mass is 426 g/mol. The maximum atomic E-state index is 14.4. The summed E-state index contributed by atoms with van der Waals surface area (Å²) < 4.78 is 21.6. The first-order valence-electron chi connectivity index (χ1n) is 9.90. The lowest BCUT2D eigenvalue weighted by molar-refractivity contribution is -0.130. The second-order valence-electron chi connectivity index (χ2n) is 7.06. The number of halogens is 2. The average molecular weight is 427 g/mol. The minimum absolute atomic E-state index is 0.123. The first kappa shape index (κ1) is 21.8. The summed E-state index contributed by atoms with van der Waals surface area (Å²) in [5, 5.41) is 0.316. The van der Waals surface area contributed by atoms with E-state index >= 15 is 0 Å². The molecule has 6 heteroatoms. The number of aromatic nitrogens is 2. The molecule has 156 valence electrons. The van der Waals surface area contributed by atoms with E-state index in [9.17, 15) is 9.18 Å². The van der Waals surface area contributed by atoms with Crippen molar-refractivity contribution in [2.45, 2.75) is 39.2 Å². The number of unbranched alkanes of at least 4 members (excludes halogenated alkanes) is 1. The smallest absolute Gasteiger partial charge is 0.340 e. The number of ether oxygens (including phenoxy) is 1. The number of benzene rings is 2. The van der Waals surface area contributed by atoms with Crippen LogP contribution >= 0.6 is 11.6 Å². The first-order chi connectivity index (χ1) is 14.5. The molecule has 0 aliphatic heterocycles. The molecule has 0 spiro atoms. The molecule has 0 radical (unpaired) electrons. The van der Waals surface area contributed by atoms with Gasteiger partial charge in [0.15, 0.2) is 0 Å². The Morgan fingerprint density at radius 3 is 2.67 bits per heavy atom. The molecule has 0 aliphatic rings. The van der Waals surface area contributed by atoms with Crippen molar-refractivity contribution in [1.29, 1.82) is 0 Å². The minimum atomic E-state index is -0.540. The summed E-state index contributed by atoms with van der Waals surface area (Å²) in [4.78, 5) is 17.0. The van der Waals surface area contributed by atoms with Crippen LogP contribution in [0.4, 0.5) is 4.39 Å². The third-order valence-electron chi connectivity index (χ3n) is 4.78. The molecular weight excluding hydrogens is 403 g/mol. The van der Waals surface area contributed by atoms with E-state index in [4.69, 9.17) is 16.3 Å². The molecular formula is C24H24ClFN2O2. The maximum absolute atomic E-state index is 14.4. The van der Waals surface area contributed by atoms with Gasteiger partial charge in [0, 0.05) is 29.0 Å². The van der Waals surface area contributed by atoms with Gasteiger partial charge >= 0.3 is 5.97 Å². The normalized spacial score (nSPS) is 10.8. The fraction of sp³-hybridized carbons (Fsp3) is 0.250. The fourth-order valence-corrected chi connectivity index (χ4v) is 3.33. The molecule has 0 atom stereocenters. The van der Waals surface area contributed by atoms with Crippen molar-refractivity contribution in [3.63, 3.8) is 0 Å². The van der Waals surface area contributed by atoms with E-state index in [1.165, 1.54) is 12.3 Å². The zero-order chi connectivity index (χ0) is 21.5. The standard InChI is InChI=1S/C24H24ClFN2O2/c1-3-4-13-22-27-15-23(28(22)16-19-20(25)11-8-12-21(19)26)30-24(29)17(2)14-18-9-6-5-7-10-18/h5-12,15H,2-4,13-14,16H2,1H3. The van der Waals surface area contributed by atoms with Gasteiger partial charge in [-0.25, -0.2) is 14.2 Å². The Morgan fingerprint density at radius 1 is 1.20 bits per heavy atom. The molecule has 1 heterocycles. The number of nitrogens with zero attached hydrogens (tertiary/aromatic N) is 2. The molecule has 2 aromatic carbocycles. The SMILES string of the molecule is C=C(Cc1ccccc1)C(=O)Oc1cnc(CCCC)n1Cc1c(F)cccc1Cl. The van der Waals surface area contributed by atoms with Gasteiger partial charge in [0.2, 0.25) is 5.88 Å². The van der Waals surface area contributed by atoms with E-state index in [1.54, 1.807) is 16.7 Å². The molecule has 1 aromatic heterocycles. The molecule has 0 fully saturated rings. The topological polar surface area (TPSA) is 44.1 Å². The first-order valence-corrected chi connectivity index (χ1v) is 10.3. The minimum Gasteiger partial charge on any atom is -0.404 e. The average Bonchev–Trinajstić information content (AvgIpc) is 3.11. The van der Waals surface area contributed by atoms with Crippen LogP contribution in [0.3, 0.4) is 0 Å². The Hall–Kier alpha value is -2.92. The van der Waals surface area contributed by atoms with Crippen LogP contribution in [0.15, 0.2) is 66.9 Å². The van der Waals surface area contributed by atoms with Crippen molar-refractivity contribution in [3.05, 3.63) is 94.7 Å². The summed E-state index contributed by atoms with van der Waals surface area (Å²) in [6.45, 7) is 6.06. The van der Waals surface area contributed by atoms with E-state index in [0.717, 1.165) is 18.4 Å². The van der Waals surface area contributed by atoms with Crippen LogP contribution < -0.4 is 4.74 Å². The van der Waals surface area contributed by atoms with Crippen LogP contribution in [0.25, 0.3) is 0 Å². The van der Waals surface area contributed by atoms with E-state index < -0.39 is 11.8 Å². The fourth-order valence-electron chi connectivity index (χ4n) is 3.10. The Balaban J connectivity index is 1.82. The molecule has 0 amide bonds. The third kappa shape index (κ3) is 5.36. The summed E-state index contributed by atoms with van der Waals surface area (Å²) in [7, 11) is 0. The van der Waals surface area contributed by atoms with Crippen molar-refractivity contribution in [3.8, 4) is 5.88 Å². The Bertz CT molecular complexity index is 1010. The predicted octanol–water partition coefficient (Wildman–Crippen LogP) is 5.77. The molecule has 30 heavy (non-hydrogen) atoms. The van der Waals surface area contributed by atoms with Crippen LogP contribution in [0.2, 0.25) is 5.02 Å². The number of imidazole rings is 1. The molecule has 0 bridgehead atoms. The molecule has 0 saturated heterocycles. The number of hydrogen-bond acceptors (Lipinski definition) is 3. The van der Waals surface area contributed by atoms with Crippen LogP contribution in [0.1, 0.15) is 36.7 Å². The largest absolute Gasteiger partial charge is 0.404 e. The molecule has 0 N–H and O–H groups in total. The second kappa shape index (κ2) is 10.2. The van der Waals surface area contributed by atoms with Crippen LogP contribution in [0.5, 0.6) is 5.88 Å². The van der Waals surface area contributed by atoms with Gasteiger partial charge in [-0.2, -0.15) is 0 Å². The maximum Gasteiger partial charge on any atom is 0.340 e. The molecule has 0 aliphatic carbocycles. The number of carbonyl (C=O) groups excluding carboxylic acids is 1. The van der Waals surface area contributed by atoms with Crippen molar-refractivity contribution < 1.29 is 13.9 Å². The highest BCUT2D eigenvalue weighted by Gasteiger charge is 2.19. The molecule has 4 nitrogen and oxygen atoms in total. The van der Waals surface area contributed by atoms with Gasteiger partial charge in [0.1, 0.15) is 11.6 Å². The highest BCUT2D eigenvalue weighted by Crippen LogP contribution is 2.25. The Labute approximate surface area is 181 Å². The van der Waals surface area contributed by atoms with Gasteiger partial charge in [-0.3, -0.25) is 4.57 Å². The number of esters is 1. The number of rotatable bonds is 9. The van der Waals surface area contributed by atoms with Gasteiger partial charge in [-0.1, -0.05) is 67.9 Å². The van der Waals surface area contributed by atoms with Gasteiger partial charge < -0.3 is 4.74 Å². The van der Waals surface area contributed by atoms with Gasteiger partial charge in [-0.05, 0) is 24.1 Å². The Morgan fingerprint density at radius 2 is 1.97 bits per heavy atom. The van der Waals surface area contributed by atoms with E-state index in [2.05, 4.69) is 18.5 Å². The number of carbonyl (C=O) groups is 1. The second-order valence-corrected chi connectivity index (χ2v) is 7.47. The summed E-state index contributed by atoms with van der Waals surface area (Å²) in [6.07, 6.45) is 4.46. The lowest BCUT2D eigenvalue weighted by Gasteiger charge is -2.14. The van der Waals surface area contributed by atoms with Crippen LogP contribution in [-0.2, 0) is 24.2 Å². The number of aryl methyl sites for hydroxylation is 1. The molecule has 3 rings (SSSR count). The summed E-state index contributed by atoms with van der Waals surface area (Å²) >= 11 is 6.21.